The number of aromatic nitrogens is 5. The summed E-state index contributed by atoms with van der Waals surface area (Å²) >= 11 is 7.82. The van der Waals surface area contributed by atoms with Crippen LogP contribution in [0.3, 0.4) is 0 Å². The standard InChI is InChI=1S/C38H36ClF5N10O2S/c1-17(2)30-19-6-9-52(25(19)14-53(30)37(55)54-16-47-34(50-54)32(43)44)35-21-10-23(39)27(20-4-5-24(41)31-26(20)22(12-45)33(46)57-31)28(42)29(21)48-36(49-35)56-15-38-7-3-8-51(38)13-18(40)11-38/h4-5,10,16-19,25,30,32H,3,6-9,11,13-15,46H2,1-2H3/t18?,19?,25?,30?,38-/m0/s1. The number of likely N-dealkylation sites (tertiary alicyclic amines) is 1. The van der Waals surface area contributed by atoms with E-state index in [2.05, 4.69) is 20.0 Å². The van der Waals surface area contributed by atoms with Crippen LogP contribution in [0.25, 0.3) is 32.1 Å². The topological polar surface area (TPSA) is 142 Å². The van der Waals surface area contributed by atoms with Gasteiger partial charge in [0.15, 0.2) is 5.82 Å². The van der Waals surface area contributed by atoms with Gasteiger partial charge in [-0.25, -0.2) is 31.7 Å². The third-order valence-electron chi connectivity index (χ3n) is 12.2. The highest BCUT2D eigenvalue weighted by molar-refractivity contribution is 7.23. The second kappa shape index (κ2) is 13.9. The number of nitriles is 1. The predicted molar refractivity (Wildman–Crippen MR) is 203 cm³/mol. The van der Waals surface area contributed by atoms with E-state index >= 15 is 8.78 Å². The van der Waals surface area contributed by atoms with Crippen molar-refractivity contribution in [3.63, 3.8) is 0 Å². The molecule has 1 amide bonds. The first kappa shape index (κ1) is 37.7. The Morgan fingerprint density at radius 2 is 2.02 bits per heavy atom. The lowest BCUT2D eigenvalue weighted by atomic mass is 9.88. The fourth-order valence-electron chi connectivity index (χ4n) is 9.83. The molecule has 19 heteroatoms. The molecule has 0 saturated carbocycles. The third kappa shape index (κ3) is 5.94. The second-order valence-corrected chi connectivity index (χ2v) is 17.1. The van der Waals surface area contributed by atoms with Gasteiger partial charge in [0.2, 0.25) is 5.82 Å². The van der Waals surface area contributed by atoms with Crippen LogP contribution >= 0.6 is 22.9 Å². The zero-order valence-electron chi connectivity index (χ0n) is 30.7. The van der Waals surface area contributed by atoms with Gasteiger partial charge in [0.1, 0.15) is 47.3 Å². The minimum absolute atomic E-state index is 0.00459. The first-order chi connectivity index (χ1) is 27.3. The Labute approximate surface area is 332 Å². The second-order valence-electron chi connectivity index (χ2n) is 15.6. The molecule has 0 bridgehead atoms. The molecule has 4 fully saturated rings. The molecule has 4 aliphatic heterocycles. The van der Waals surface area contributed by atoms with Crippen LogP contribution in [-0.2, 0) is 0 Å². The van der Waals surface area contributed by atoms with Gasteiger partial charge < -0.3 is 20.3 Å². The Morgan fingerprint density at radius 1 is 1.21 bits per heavy atom. The van der Waals surface area contributed by atoms with E-state index in [1.165, 1.54) is 12.1 Å². The number of nitrogens with two attached hydrogens (primary N) is 1. The summed E-state index contributed by atoms with van der Waals surface area (Å²) < 4.78 is 81.0. The number of thiophene rings is 1. The van der Waals surface area contributed by atoms with E-state index in [4.69, 9.17) is 27.1 Å². The number of carbonyl (C=O) groups is 1. The molecule has 0 spiro atoms. The van der Waals surface area contributed by atoms with Gasteiger partial charge in [-0.3, -0.25) is 4.90 Å². The van der Waals surface area contributed by atoms with E-state index in [1.54, 1.807) is 4.90 Å². The molecule has 12 nitrogen and oxygen atoms in total. The number of hydrogen-bond donors (Lipinski definition) is 1. The van der Waals surface area contributed by atoms with E-state index in [0.717, 1.165) is 41.4 Å². The van der Waals surface area contributed by atoms with E-state index in [-0.39, 0.29) is 97.2 Å². The highest BCUT2D eigenvalue weighted by Crippen LogP contribution is 2.48. The Morgan fingerprint density at radius 3 is 2.75 bits per heavy atom. The largest absolute Gasteiger partial charge is 0.461 e. The summed E-state index contributed by atoms with van der Waals surface area (Å²) in [5.74, 6) is -2.07. The number of hydrogen-bond acceptors (Lipinski definition) is 11. The van der Waals surface area contributed by atoms with Crippen LogP contribution in [0.2, 0.25) is 5.02 Å². The molecule has 3 aromatic heterocycles. The number of alkyl halides is 3. The van der Waals surface area contributed by atoms with Crippen molar-refractivity contribution in [2.24, 2.45) is 11.8 Å². The smallest absolute Gasteiger partial charge is 0.346 e. The van der Waals surface area contributed by atoms with E-state index in [9.17, 15) is 23.2 Å². The van der Waals surface area contributed by atoms with Crippen molar-refractivity contribution in [2.45, 2.75) is 69.8 Å². The number of benzene rings is 2. The number of nitrogen functional groups attached to an aromatic ring is 1. The van der Waals surface area contributed by atoms with Crippen LogP contribution in [-0.4, -0.2) is 97.1 Å². The van der Waals surface area contributed by atoms with E-state index < -0.39 is 41.6 Å². The lowest BCUT2D eigenvalue weighted by molar-refractivity contribution is 0.107. The minimum Gasteiger partial charge on any atom is -0.461 e. The van der Waals surface area contributed by atoms with Gasteiger partial charge in [-0.15, -0.1) is 16.4 Å². The number of rotatable bonds is 7. The fraction of sp³-hybridized carbons (Fsp3) is 0.474. The van der Waals surface area contributed by atoms with Crippen LogP contribution in [0, 0.1) is 34.8 Å². The summed E-state index contributed by atoms with van der Waals surface area (Å²) in [4.78, 5) is 32.5. The lowest BCUT2D eigenvalue weighted by Gasteiger charge is -2.31. The average molecular weight is 827 g/mol. The van der Waals surface area contributed by atoms with Crippen molar-refractivity contribution in [1.82, 2.24) is 34.5 Å². The SMILES string of the molecule is CC(C)C1C2CCN(c3nc(OC[C@@]45CCCN4CC(F)C5)nc4c(F)c(-c5ccc(F)c6sc(N)c(C#N)c56)c(Cl)cc34)C2CN1C(=O)n1cnc(C(F)F)n1. The molecule has 4 aliphatic rings. The van der Waals surface area contributed by atoms with Gasteiger partial charge in [-0.05, 0) is 49.4 Å². The molecule has 9 rings (SSSR count). The van der Waals surface area contributed by atoms with Crippen LogP contribution in [0.5, 0.6) is 6.01 Å². The van der Waals surface area contributed by atoms with Gasteiger partial charge in [0, 0.05) is 54.4 Å². The molecular formula is C38H36ClF5N10O2S. The zero-order chi connectivity index (χ0) is 40.1. The molecule has 5 atom stereocenters. The van der Waals surface area contributed by atoms with Crippen LogP contribution in [0.15, 0.2) is 24.5 Å². The minimum atomic E-state index is -2.95. The first-order valence-corrected chi connectivity index (χ1v) is 19.9. The Balaban J connectivity index is 1.17. The van der Waals surface area contributed by atoms with Crippen LogP contribution in [0.4, 0.5) is 37.6 Å². The number of ether oxygens (including phenoxy) is 1. The van der Waals surface area contributed by atoms with Gasteiger partial charge in [0.25, 0.3) is 6.43 Å². The number of nitrogens with zero attached hydrogens (tertiary/aromatic N) is 9. The molecule has 298 valence electrons. The van der Waals surface area contributed by atoms with Gasteiger partial charge in [-0.1, -0.05) is 31.5 Å². The molecule has 57 heavy (non-hydrogen) atoms. The summed E-state index contributed by atoms with van der Waals surface area (Å²) in [5.41, 5.74) is 5.41. The number of halogens is 6. The Bertz CT molecular complexity index is 2490. The van der Waals surface area contributed by atoms with Gasteiger partial charge in [0.05, 0.1) is 26.9 Å². The first-order valence-electron chi connectivity index (χ1n) is 18.7. The average Bonchev–Trinajstić information content (AvgIpc) is 4.01. The summed E-state index contributed by atoms with van der Waals surface area (Å²) in [7, 11) is 0. The van der Waals surface area contributed by atoms with Crippen molar-refractivity contribution >= 4 is 60.8 Å². The molecule has 2 aromatic carbocycles. The van der Waals surface area contributed by atoms with E-state index in [0.29, 0.717) is 31.7 Å². The lowest BCUT2D eigenvalue weighted by Crippen LogP contribution is -2.44. The molecule has 7 heterocycles. The van der Waals surface area contributed by atoms with Crippen LogP contribution < -0.4 is 15.4 Å². The maximum Gasteiger partial charge on any atom is 0.346 e. The van der Waals surface area contributed by atoms with Crippen molar-refractivity contribution in [1.29, 1.82) is 5.26 Å². The van der Waals surface area contributed by atoms with Gasteiger partial charge >= 0.3 is 12.0 Å². The summed E-state index contributed by atoms with van der Waals surface area (Å²) in [6.07, 6.45) is -0.477. The zero-order valence-corrected chi connectivity index (χ0v) is 32.3. The van der Waals surface area contributed by atoms with Crippen molar-refractivity contribution < 1.29 is 31.5 Å². The fourth-order valence-corrected chi connectivity index (χ4v) is 11.1. The van der Waals surface area contributed by atoms with E-state index in [1.807, 2.05) is 24.8 Å². The molecule has 4 saturated heterocycles. The van der Waals surface area contributed by atoms with Crippen molar-refractivity contribution in [2.75, 3.05) is 43.4 Å². The monoisotopic (exact) mass is 826 g/mol. The molecule has 4 unspecified atom stereocenters. The Kier molecular flexibility index (Phi) is 9.20. The predicted octanol–water partition coefficient (Wildman–Crippen LogP) is 7.58. The number of anilines is 2. The highest BCUT2D eigenvalue weighted by atomic mass is 35.5. The van der Waals surface area contributed by atoms with Crippen molar-refractivity contribution in [3.8, 4) is 23.2 Å². The Hall–Kier alpha value is -4.86. The normalized spacial score (nSPS) is 24.7. The molecule has 2 N–H and O–H groups in total. The number of carbonyl (C=O) groups excluding carboxylic acids is 1. The summed E-state index contributed by atoms with van der Waals surface area (Å²) in [6.45, 7) is 5.70. The molecule has 0 radical (unpaired) electrons. The summed E-state index contributed by atoms with van der Waals surface area (Å²) in [6, 6.07) is 4.65. The quantitative estimate of drug-likeness (QED) is 0.163. The van der Waals surface area contributed by atoms with Crippen molar-refractivity contribution in [3.05, 3.63) is 52.6 Å². The molecule has 0 aliphatic carbocycles. The number of fused-ring (bicyclic) bond motifs is 4. The summed E-state index contributed by atoms with van der Waals surface area (Å²) in [5, 5.41) is 14.1. The molecule has 5 aromatic rings. The maximum absolute atomic E-state index is 17.4. The maximum atomic E-state index is 17.4. The van der Waals surface area contributed by atoms with Gasteiger partial charge in [-0.2, -0.15) is 19.9 Å². The third-order valence-corrected chi connectivity index (χ3v) is 13.5. The highest BCUT2D eigenvalue weighted by Gasteiger charge is 2.52. The number of amides is 1. The van der Waals surface area contributed by atoms with Crippen LogP contribution in [0.1, 0.15) is 57.3 Å². The molecular weight excluding hydrogens is 791 g/mol.